The van der Waals surface area contributed by atoms with Crippen molar-refractivity contribution in [3.63, 3.8) is 0 Å². The number of hydrogen-bond acceptors (Lipinski definition) is 5. The highest BCUT2D eigenvalue weighted by Gasteiger charge is 2.46. The van der Waals surface area contributed by atoms with Crippen LogP contribution in [-0.4, -0.2) is 56.1 Å². The fourth-order valence-corrected chi connectivity index (χ4v) is 19.2. The Kier molecular flexibility index (Phi) is 15.0. The van der Waals surface area contributed by atoms with Crippen molar-refractivity contribution < 1.29 is 21.5 Å². The second-order valence-corrected chi connectivity index (χ2v) is 23.1. The molecule has 0 bridgehead atoms. The van der Waals surface area contributed by atoms with Gasteiger partial charge in [0.1, 0.15) is 0 Å². The van der Waals surface area contributed by atoms with Crippen LogP contribution in [0.4, 0.5) is 0 Å². The maximum Gasteiger partial charge on any atom is 0.499 e. The Morgan fingerprint density at radius 1 is 0.643 bits per heavy atom. The first-order chi connectivity index (χ1) is 13.1. The molecule has 0 N–H and O–H groups in total. The summed E-state index contributed by atoms with van der Waals surface area (Å²) < 4.78 is 29.7. The molecular weight excluding hydrogens is 421 g/mol. The van der Waals surface area contributed by atoms with Gasteiger partial charge in [0.2, 0.25) is 0 Å². The third-order valence-electron chi connectivity index (χ3n) is 5.05. The molecule has 0 aromatic rings. The van der Waals surface area contributed by atoms with Crippen molar-refractivity contribution in [3.05, 3.63) is 0 Å². The van der Waals surface area contributed by atoms with E-state index in [2.05, 4.69) is 39.7 Å². The first kappa shape index (κ1) is 28.7. The summed E-state index contributed by atoms with van der Waals surface area (Å²) in [6.07, 6.45) is 10.9. The Hall–Kier alpha value is 0.668. The largest absolute Gasteiger partial charge is 0.499 e. The Balaban J connectivity index is 4.27. The molecule has 0 atom stereocenters. The van der Waals surface area contributed by atoms with Gasteiger partial charge in [-0.3, -0.25) is 0 Å². The lowest BCUT2D eigenvalue weighted by molar-refractivity contribution is 0.127. The zero-order chi connectivity index (χ0) is 21.7. The van der Waals surface area contributed by atoms with Gasteiger partial charge in [-0.15, -0.1) is 0 Å². The normalized spacial score (nSPS) is 13.5. The highest BCUT2D eigenvalue weighted by Crippen LogP contribution is 2.25. The van der Waals surface area contributed by atoms with E-state index in [-0.39, 0.29) is 0 Å². The summed E-state index contributed by atoms with van der Waals surface area (Å²) in [5.74, 6) is 0. The molecule has 0 saturated carbocycles. The molecular formula is C19H47O5Si4. The Bertz CT molecular complexity index is 384. The minimum Gasteiger partial charge on any atom is -0.436 e. The molecule has 0 fully saturated rings. The van der Waals surface area contributed by atoms with Gasteiger partial charge >= 0.3 is 18.1 Å². The Labute approximate surface area is 180 Å². The molecule has 9 heteroatoms. The molecule has 28 heavy (non-hydrogen) atoms. The van der Waals surface area contributed by atoms with Crippen molar-refractivity contribution in [1.29, 1.82) is 0 Å². The van der Waals surface area contributed by atoms with Crippen molar-refractivity contribution in [3.8, 4) is 0 Å². The van der Waals surface area contributed by atoms with Crippen molar-refractivity contribution in [2.45, 2.75) is 103 Å². The van der Waals surface area contributed by atoms with E-state index in [1.54, 1.807) is 21.3 Å². The topological polar surface area (TPSA) is 46.2 Å². The molecule has 0 aliphatic heterocycles. The molecule has 0 aliphatic carbocycles. The summed E-state index contributed by atoms with van der Waals surface area (Å²) >= 11 is 0. The molecule has 1 radical (unpaired) electrons. The minimum absolute atomic E-state index is 0.745. The average Bonchev–Trinajstić information content (AvgIpc) is 2.61. The van der Waals surface area contributed by atoms with Crippen LogP contribution in [0.2, 0.25) is 44.4 Å². The van der Waals surface area contributed by atoms with Gasteiger partial charge in [-0.2, -0.15) is 0 Å². The molecule has 0 aromatic carbocycles. The fourth-order valence-electron chi connectivity index (χ4n) is 3.56. The van der Waals surface area contributed by atoms with E-state index in [0.717, 1.165) is 5.67 Å². The van der Waals surface area contributed by atoms with E-state index in [0.29, 0.717) is 0 Å². The molecule has 0 saturated heterocycles. The highest BCUT2D eigenvalue weighted by atomic mass is 28.5. The zero-order valence-corrected chi connectivity index (χ0v) is 24.1. The van der Waals surface area contributed by atoms with Crippen LogP contribution in [0.25, 0.3) is 0 Å². The van der Waals surface area contributed by atoms with Crippen molar-refractivity contribution >= 4 is 34.7 Å². The molecule has 0 aromatic heterocycles. The van der Waals surface area contributed by atoms with E-state index in [1.807, 2.05) is 0 Å². The van der Waals surface area contributed by atoms with Gasteiger partial charge in [-0.25, -0.2) is 0 Å². The third-order valence-corrected chi connectivity index (χ3v) is 20.3. The Morgan fingerprint density at radius 3 is 1.54 bits per heavy atom. The maximum absolute atomic E-state index is 6.49. The van der Waals surface area contributed by atoms with Crippen LogP contribution in [0.5, 0.6) is 0 Å². The van der Waals surface area contributed by atoms with E-state index in [4.69, 9.17) is 21.5 Å². The lowest BCUT2D eigenvalue weighted by atomic mass is 10.1. The average molecular weight is 468 g/mol. The number of hydrogen-bond donors (Lipinski definition) is 0. The van der Waals surface area contributed by atoms with Crippen LogP contribution in [-0.2, 0) is 21.5 Å². The van der Waals surface area contributed by atoms with Gasteiger partial charge in [0.05, 0.1) is 0 Å². The van der Waals surface area contributed by atoms with Crippen LogP contribution < -0.4 is 0 Å². The van der Waals surface area contributed by atoms with Crippen LogP contribution in [0.3, 0.4) is 0 Å². The van der Waals surface area contributed by atoms with Crippen molar-refractivity contribution in [2.24, 2.45) is 0 Å². The summed E-state index contributed by atoms with van der Waals surface area (Å²) in [7, 11) is -2.56. The molecule has 0 unspecified atom stereocenters. The smallest absolute Gasteiger partial charge is 0.436 e. The van der Waals surface area contributed by atoms with Crippen LogP contribution in [0.1, 0.15) is 58.3 Å². The first-order valence-electron chi connectivity index (χ1n) is 10.9. The number of rotatable bonds is 18. The number of unbranched alkanes of at least 4 members (excludes halogenated alkanes) is 7. The maximum atomic E-state index is 6.49. The van der Waals surface area contributed by atoms with Crippen LogP contribution in [0, 0.1) is 0 Å². The predicted octanol–water partition coefficient (Wildman–Crippen LogP) is 6.11. The van der Waals surface area contributed by atoms with E-state index < -0.39 is 34.7 Å². The SMILES string of the molecule is CCCCCCCCCC[Si](C)(C)O[Si](C)O[Si](C)(C)C[Si](OC)(OC)OC. The molecule has 169 valence electrons. The van der Waals surface area contributed by atoms with E-state index in [9.17, 15) is 0 Å². The molecule has 5 nitrogen and oxygen atoms in total. The molecule has 0 amide bonds. The summed E-state index contributed by atoms with van der Waals surface area (Å²) in [6, 6.07) is 1.22. The molecule has 0 spiro atoms. The molecule has 0 rings (SSSR count). The quantitative estimate of drug-likeness (QED) is 0.180. The van der Waals surface area contributed by atoms with Gasteiger partial charge in [-0.1, -0.05) is 58.3 Å². The van der Waals surface area contributed by atoms with Crippen LogP contribution >= 0.6 is 0 Å². The van der Waals surface area contributed by atoms with Gasteiger partial charge in [0.25, 0.3) is 0 Å². The van der Waals surface area contributed by atoms with Gasteiger partial charge < -0.3 is 21.5 Å². The van der Waals surface area contributed by atoms with E-state index >= 15 is 0 Å². The van der Waals surface area contributed by atoms with E-state index in [1.165, 1.54) is 57.4 Å². The zero-order valence-electron chi connectivity index (χ0n) is 20.1. The van der Waals surface area contributed by atoms with Gasteiger partial charge in [0, 0.05) is 27.0 Å². The second-order valence-electron chi connectivity index (χ2n) is 8.91. The standard InChI is InChI=1S/C19H47O5Si4/c1-10-11-12-13-14-15-16-17-18-26(6,7)23-25(5)24-27(8,9)19-28(20-2,21-3)22-4/h10-19H2,1-9H3. The lowest BCUT2D eigenvalue weighted by Gasteiger charge is -2.35. The lowest BCUT2D eigenvalue weighted by Crippen LogP contribution is -2.53. The molecule has 0 aliphatic rings. The second kappa shape index (κ2) is 14.6. The van der Waals surface area contributed by atoms with Gasteiger partial charge in [0.15, 0.2) is 16.6 Å². The molecule has 0 heterocycles. The Morgan fingerprint density at radius 2 is 1.07 bits per heavy atom. The summed E-state index contributed by atoms with van der Waals surface area (Å²) in [6.45, 7) is 13.5. The summed E-state index contributed by atoms with van der Waals surface area (Å²) in [4.78, 5) is 0. The minimum atomic E-state index is -2.61. The summed E-state index contributed by atoms with van der Waals surface area (Å²) in [5.41, 5.74) is 0.745. The summed E-state index contributed by atoms with van der Waals surface area (Å²) in [5, 5.41) is 0. The monoisotopic (exact) mass is 467 g/mol. The predicted molar refractivity (Wildman–Crippen MR) is 128 cm³/mol. The third kappa shape index (κ3) is 13.1. The van der Waals surface area contributed by atoms with Crippen LogP contribution in [0.15, 0.2) is 0 Å². The van der Waals surface area contributed by atoms with Crippen molar-refractivity contribution in [1.82, 2.24) is 0 Å². The van der Waals surface area contributed by atoms with Gasteiger partial charge in [-0.05, 0) is 38.8 Å². The fraction of sp³-hybridized carbons (Fsp3) is 1.00. The highest BCUT2D eigenvalue weighted by molar-refractivity contribution is 6.89. The first-order valence-corrected chi connectivity index (χ1v) is 20.9. The van der Waals surface area contributed by atoms with Crippen molar-refractivity contribution in [2.75, 3.05) is 21.3 Å².